The van der Waals surface area contributed by atoms with Crippen LogP contribution < -0.4 is 4.74 Å². The Morgan fingerprint density at radius 3 is 2.42 bits per heavy atom. The lowest BCUT2D eigenvalue weighted by molar-refractivity contribution is 0.0569. The van der Waals surface area contributed by atoms with Crippen LogP contribution in [-0.4, -0.2) is 25.1 Å². The molecule has 0 radical (unpaired) electrons. The van der Waals surface area contributed by atoms with Crippen LogP contribution in [0.3, 0.4) is 0 Å². The summed E-state index contributed by atoms with van der Waals surface area (Å²) in [6.07, 6.45) is 10.2. The molecule has 2 heteroatoms. The fourth-order valence-electron chi connectivity index (χ4n) is 4.82. The van der Waals surface area contributed by atoms with Gasteiger partial charge in [0.2, 0.25) is 0 Å². The second kappa shape index (κ2) is 7.67. The summed E-state index contributed by atoms with van der Waals surface area (Å²) < 4.78 is 5.40. The SMILES string of the molecule is COc1cccc(C2=CCN(C3(c4ccccc4)CCCCC3)CC2)c1. The summed E-state index contributed by atoms with van der Waals surface area (Å²) in [5, 5.41) is 0. The van der Waals surface area contributed by atoms with Crippen LogP contribution in [0.1, 0.15) is 49.7 Å². The predicted molar refractivity (Wildman–Crippen MR) is 108 cm³/mol. The standard InChI is InChI=1S/C24H29NO/c1-26-23-12-8-9-21(19-23)20-13-17-25(18-14-20)24(15-6-3-7-16-24)22-10-4-2-5-11-22/h2,4-5,8-13,19H,3,6-7,14-18H2,1H3. The number of rotatable bonds is 4. The number of hydrogen-bond acceptors (Lipinski definition) is 2. The van der Waals surface area contributed by atoms with Gasteiger partial charge in [-0.3, -0.25) is 4.90 Å². The van der Waals surface area contributed by atoms with Crippen molar-refractivity contribution in [3.8, 4) is 5.75 Å². The first-order valence-corrected chi connectivity index (χ1v) is 9.96. The van der Waals surface area contributed by atoms with E-state index in [0.29, 0.717) is 0 Å². The molecule has 1 aliphatic carbocycles. The number of hydrogen-bond donors (Lipinski definition) is 0. The molecule has 136 valence electrons. The van der Waals surface area contributed by atoms with E-state index in [4.69, 9.17) is 4.74 Å². The average molecular weight is 348 g/mol. The maximum Gasteiger partial charge on any atom is 0.119 e. The molecule has 0 aromatic heterocycles. The van der Waals surface area contributed by atoms with Gasteiger partial charge in [-0.05, 0) is 48.1 Å². The fourth-order valence-corrected chi connectivity index (χ4v) is 4.82. The summed E-state index contributed by atoms with van der Waals surface area (Å²) in [4.78, 5) is 2.74. The lowest BCUT2D eigenvalue weighted by Crippen LogP contribution is -2.49. The minimum atomic E-state index is 0.232. The molecule has 0 amide bonds. The molecule has 0 bridgehead atoms. The van der Waals surface area contributed by atoms with Crippen molar-refractivity contribution in [1.29, 1.82) is 0 Å². The number of methoxy groups -OCH3 is 1. The van der Waals surface area contributed by atoms with Crippen LogP contribution >= 0.6 is 0 Å². The molecule has 2 aromatic carbocycles. The summed E-state index contributed by atoms with van der Waals surface area (Å²) in [7, 11) is 1.74. The molecule has 1 saturated carbocycles. The monoisotopic (exact) mass is 347 g/mol. The molecular weight excluding hydrogens is 318 g/mol. The molecule has 0 spiro atoms. The smallest absolute Gasteiger partial charge is 0.119 e. The van der Waals surface area contributed by atoms with Crippen molar-refractivity contribution in [2.75, 3.05) is 20.2 Å². The molecule has 0 N–H and O–H groups in total. The van der Waals surface area contributed by atoms with Gasteiger partial charge >= 0.3 is 0 Å². The summed E-state index contributed by atoms with van der Waals surface area (Å²) in [5.74, 6) is 0.943. The van der Waals surface area contributed by atoms with E-state index in [1.165, 1.54) is 48.8 Å². The van der Waals surface area contributed by atoms with Crippen LogP contribution in [0.4, 0.5) is 0 Å². The minimum absolute atomic E-state index is 0.232. The summed E-state index contributed by atoms with van der Waals surface area (Å²) in [6.45, 7) is 2.18. The first-order valence-electron chi connectivity index (χ1n) is 9.96. The van der Waals surface area contributed by atoms with Gasteiger partial charge in [0.05, 0.1) is 7.11 Å². The first-order chi connectivity index (χ1) is 12.8. The molecule has 26 heavy (non-hydrogen) atoms. The Kier molecular flexibility index (Phi) is 5.12. The quantitative estimate of drug-likeness (QED) is 0.709. The van der Waals surface area contributed by atoms with E-state index >= 15 is 0 Å². The van der Waals surface area contributed by atoms with Gasteiger partial charge in [-0.25, -0.2) is 0 Å². The zero-order valence-electron chi connectivity index (χ0n) is 15.8. The number of ether oxygens (including phenoxy) is 1. The van der Waals surface area contributed by atoms with Crippen molar-refractivity contribution in [3.05, 3.63) is 71.8 Å². The van der Waals surface area contributed by atoms with Crippen LogP contribution in [-0.2, 0) is 5.54 Å². The molecule has 2 aromatic rings. The van der Waals surface area contributed by atoms with Crippen molar-refractivity contribution in [1.82, 2.24) is 4.90 Å². The van der Waals surface area contributed by atoms with Crippen LogP contribution in [0.2, 0.25) is 0 Å². The lowest BCUT2D eigenvalue weighted by Gasteiger charge is -2.48. The topological polar surface area (TPSA) is 12.5 Å². The highest BCUT2D eigenvalue weighted by Gasteiger charge is 2.39. The maximum absolute atomic E-state index is 5.40. The molecule has 1 fully saturated rings. The first kappa shape index (κ1) is 17.4. The highest BCUT2D eigenvalue weighted by molar-refractivity contribution is 5.67. The molecule has 2 nitrogen and oxygen atoms in total. The average Bonchev–Trinajstić information content (AvgIpc) is 2.75. The summed E-state index contributed by atoms with van der Waals surface area (Å²) in [6, 6.07) is 19.7. The van der Waals surface area contributed by atoms with Crippen LogP contribution in [0, 0.1) is 0 Å². The summed E-state index contributed by atoms with van der Waals surface area (Å²) >= 11 is 0. The zero-order valence-corrected chi connectivity index (χ0v) is 15.8. The molecule has 1 aliphatic heterocycles. The molecule has 4 rings (SSSR count). The van der Waals surface area contributed by atoms with Gasteiger partial charge in [-0.15, -0.1) is 0 Å². The van der Waals surface area contributed by atoms with Crippen molar-refractivity contribution >= 4 is 5.57 Å². The maximum atomic E-state index is 5.40. The minimum Gasteiger partial charge on any atom is -0.497 e. The van der Waals surface area contributed by atoms with E-state index in [0.717, 1.165) is 25.3 Å². The predicted octanol–water partition coefficient (Wildman–Crippen LogP) is 5.64. The van der Waals surface area contributed by atoms with Crippen molar-refractivity contribution in [2.24, 2.45) is 0 Å². The van der Waals surface area contributed by atoms with Gasteiger partial charge in [0, 0.05) is 18.6 Å². The van der Waals surface area contributed by atoms with Crippen molar-refractivity contribution in [2.45, 2.75) is 44.1 Å². The highest BCUT2D eigenvalue weighted by Crippen LogP contribution is 2.43. The third kappa shape index (κ3) is 3.31. The van der Waals surface area contributed by atoms with Gasteiger partial charge in [0.15, 0.2) is 0 Å². The second-order valence-corrected chi connectivity index (χ2v) is 7.62. The van der Waals surface area contributed by atoms with E-state index in [1.807, 2.05) is 6.07 Å². The third-order valence-corrected chi connectivity index (χ3v) is 6.25. The Labute approximate surface area is 157 Å². The van der Waals surface area contributed by atoms with Gasteiger partial charge in [0.25, 0.3) is 0 Å². The molecular formula is C24H29NO. The molecule has 0 unspecified atom stereocenters. The third-order valence-electron chi connectivity index (χ3n) is 6.25. The number of nitrogens with zero attached hydrogens (tertiary/aromatic N) is 1. The Balaban J connectivity index is 1.59. The van der Waals surface area contributed by atoms with Gasteiger partial charge in [-0.2, -0.15) is 0 Å². The van der Waals surface area contributed by atoms with Crippen molar-refractivity contribution < 1.29 is 4.74 Å². The van der Waals surface area contributed by atoms with Gasteiger partial charge < -0.3 is 4.74 Å². The Morgan fingerprint density at radius 2 is 1.73 bits per heavy atom. The molecule has 1 heterocycles. The van der Waals surface area contributed by atoms with E-state index in [1.54, 1.807) is 7.11 Å². The highest BCUT2D eigenvalue weighted by atomic mass is 16.5. The Morgan fingerprint density at radius 1 is 0.923 bits per heavy atom. The normalized spacial score (nSPS) is 20.4. The molecule has 0 atom stereocenters. The van der Waals surface area contributed by atoms with Crippen LogP contribution in [0.15, 0.2) is 60.7 Å². The zero-order chi connectivity index (χ0) is 17.8. The van der Waals surface area contributed by atoms with Crippen molar-refractivity contribution in [3.63, 3.8) is 0 Å². The second-order valence-electron chi connectivity index (χ2n) is 7.62. The van der Waals surface area contributed by atoms with E-state index < -0.39 is 0 Å². The van der Waals surface area contributed by atoms with E-state index in [9.17, 15) is 0 Å². The van der Waals surface area contributed by atoms with Crippen LogP contribution in [0.5, 0.6) is 5.75 Å². The largest absolute Gasteiger partial charge is 0.497 e. The van der Waals surface area contributed by atoms with E-state index in [-0.39, 0.29) is 5.54 Å². The van der Waals surface area contributed by atoms with Gasteiger partial charge in [-0.1, -0.05) is 67.8 Å². The summed E-state index contributed by atoms with van der Waals surface area (Å²) in [5.41, 5.74) is 4.51. The van der Waals surface area contributed by atoms with Crippen LogP contribution in [0.25, 0.3) is 5.57 Å². The fraction of sp³-hybridized carbons (Fsp3) is 0.417. The van der Waals surface area contributed by atoms with Gasteiger partial charge in [0.1, 0.15) is 5.75 Å². The Hall–Kier alpha value is -2.06. The number of benzene rings is 2. The Bertz CT molecular complexity index is 759. The molecule has 0 saturated heterocycles. The molecule has 2 aliphatic rings. The van der Waals surface area contributed by atoms with E-state index in [2.05, 4.69) is 59.5 Å². The lowest BCUT2D eigenvalue weighted by atomic mass is 9.74.